The lowest BCUT2D eigenvalue weighted by atomic mass is 9.85. The van der Waals surface area contributed by atoms with Crippen molar-refractivity contribution in [3.63, 3.8) is 0 Å². The number of carbonyl (C=O) groups is 2. The van der Waals surface area contributed by atoms with E-state index in [1.165, 1.54) is 12.8 Å². The summed E-state index contributed by atoms with van der Waals surface area (Å²) in [6.07, 6.45) is 6.67. The fraction of sp³-hybridized carbons (Fsp3) is 0.448. The van der Waals surface area contributed by atoms with E-state index in [9.17, 15) is 14.4 Å². The second-order valence-electron chi connectivity index (χ2n) is 9.75. The molecule has 7 nitrogen and oxygen atoms in total. The largest absolute Gasteiger partial charge is 0.457 e. The van der Waals surface area contributed by atoms with Gasteiger partial charge >= 0.3 is 11.9 Å². The maximum absolute atomic E-state index is 13.6. The summed E-state index contributed by atoms with van der Waals surface area (Å²) in [7, 11) is 0. The predicted molar refractivity (Wildman–Crippen MR) is 136 cm³/mol. The lowest BCUT2D eigenvalue weighted by molar-refractivity contribution is -0.189. The third kappa shape index (κ3) is 4.10. The number of benzene rings is 1. The zero-order valence-electron chi connectivity index (χ0n) is 21.0. The molecule has 0 bridgehead atoms. The van der Waals surface area contributed by atoms with Crippen LogP contribution in [0.1, 0.15) is 81.9 Å². The highest BCUT2D eigenvalue weighted by molar-refractivity contribution is 5.88. The van der Waals surface area contributed by atoms with Gasteiger partial charge in [0, 0.05) is 22.9 Å². The standard InChI is InChI=1S/C29H32N2O5/c1-3-5-6-7-8-9-14-25(32)36-29(4-2)22-16-24-26-20(15-19-12-10-11-13-23(19)30-26)17-31(24)27(33)21(22)18-35-28(29)34/h10-13,15-16H,3-9,14,17-18H2,1-2H3/t29-/m0/s1. The molecule has 2 aromatic heterocycles. The monoisotopic (exact) mass is 488 g/mol. The van der Waals surface area contributed by atoms with E-state index >= 15 is 0 Å². The minimum atomic E-state index is -1.62. The van der Waals surface area contributed by atoms with Crippen LogP contribution in [0.4, 0.5) is 0 Å². The van der Waals surface area contributed by atoms with Crippen LogP contribution < -0.4 is 5.56 Å². The van der Waals surface area contributed by atoms with Crippen LogP contribution in [-0.4, -0.2) is 21.5 Å². The fourth-order valence-corrected chi connectivity index (χ4v) is 5.38. The van der Waals surface area contributed by atoms with E-state index in [-0.39, 0.29) is 25.0 Å². The Hall–Kier alpha value is -3.48. The average Bonchev–Trinajstić information content (AvgIpc) is 3.24. The second kappa shape index (κ2) is 9.88. The lowest BCUT2D eigenvalue weighted by Gasteiger charge is -2.35. The van der Waals surface area contributed by atoms with E-state index in [4.69, 9.17) is 14.5 Å². The first kappa shape index (κ1) is 24.2. The Morgan fingerprint density at radius 2 is 1.86 bits per heavy atom. The van der Waals surface area contributed by atoms with Crippen molar-refractivity contribution in [2.75, 3.05) is 0 Å². The molecule has 0 aliphatic carbocycles. The van der Waals surface area contributed by atoms with Gasteiger partial charge in [-0.05, 0) is 31.0 Å². The summed E-state index contributed by atoms with van der Waals surface area (Å²) in [5, 5.41) is 1.01. The molecule has 5 rings (SSSR count). The maximum Gasteiger partial charge on any atom is 0.355 e. The van der Waals surface area contributed by atoms with Crippen molar-refractivity contribution in [2.24, 2.45) is 0 Å². The van der Waals surface area contributed by atoms with Crippen LogP contribution in [0, 0.1) is 0 Å². The van der Waals surface area contributed by atoms with Crippen molar-refractivity contribution >= 4 is 22.8 Å². The summed E-state index contributed by atoms with van der Waals surface area (Å²) in [4.78, 5) is 44.4. The van der Waals surface area contributed by atoms with Crippen LogP contribution in [0.2, 0.25) is 0 Å². The number of fused-ring (bicyclic) bond motifs is 5. The van der Waals surface area contributed by atoms with Gasteiger partial charge in [0.1, 0.15) is 6.61 Å². The highest BCUT2D eigenvalue weighted by atomic mass is 16.6. The molecular weight excluding hydrogens is 456 g/mol. The van der Waals surface area contributed by atoms with Gasteiger partial charge in [0.25, 0.3) is 5.56 Å². The van der Waals surface area contributed by atoms with E-state index in [0.29, 0.717) is 29.8 Å². The van der Waals surface area contributed by atoms with Crippen molar-refractivity contribution in [3.8, 4) is 11.4 Å². The summed E-state index contributed by atoms with van der Waals surface area (Å²) < 4.78 is 13.0. The molecule has 0 spiro atoms. The smallest absolute Gasteiger partial charge is 0.355 e. The number of aromatic nitrogens is 2. The number of pyridine rings is 2. The lowest BCUT2D eigenvalue weighted by Crippen LogP contribution is -2.47. The molecule has 0 fully saturated rings. The van der Waals surface area contributed by atoms with Gasteiger partial charge in [-0.1, -0.05) is 64.2 Å². The highest BCUT2D eigenvalue weighted by Gasteiger charge is 2.50. The molecule has 0 saturated heterocycles. The van der Waals surface area contributed by atoms with E-state index in [0.717, 1.165) is 41.4 Å². The van der Waals surface area contributed by atoms with Crippen LogP contribution in [0.25, 0.3) is 22.3 Å². The summed E-state index contributed by atoms with van der Waals surface area (Å²) in [6.45, 7) is 4.22. The summed E-state index contributed by atoms with van der Waals surface area (Å²) >= 11 is 0. The topological polar surface area (TPSA) is 87.5 Å². The van der Waals surface area contributed by atoms with Gasteiger partial charge in [0.05, 0.1) is 29.0 Å². The molecule has 4 heterocycles. The Balaban J connectivity index is 1.49. The Kier molecular flexibility index (Phi) is 6.65. The van der Waals surface area contributed by atoms with Crippen LogP contribution in [0.5, 0.6) is 0 Å². The Morgan fingerprint density at radius 1 is 1.08 bits per heavy atom. The number of unbranched alkanes of at least 4 members (excludes halogenated alkanes) is 5. The van der Waals surface area contributed by atoms with Crippen molar-refractivity contribution < 1.29 is 19.1 Å². The maximum atomic E-state index is 13.6. The number of esters is 2. The molecule has 0 saturated carbocycles. The van der Waals surface area contributed by atoms with E-state index in [1.54, 1.807) is 11.5 Å². The quantitative estimate of drug-likeness (QED) is 0.232. The molecule has 2 aliphatic rings. The molecule has 0 radical (unpaired) electrons. The van der Waals surface area contributed by atoms with Crippen LogP contribution in [0.3, 0.4) is 0 Å². The zero-order valence-corrected chi connectivity index (χ0v) is 21.0. The second-order valence-corrected chi connectivity index (χ2v) is 9.75. The summed E-state index contributed by atoms with van der Waals surface area (Å²) in [6, 6.07) is 11.7. The molecule has 1 aromatic carbocycles. The first-order valence-electron chi connectivity index (χ1n) is 13.0. The summed E-state index contributed by atoms with van der Waals surface area (Å²) in [5.74, 6) is -1.06. The minimum Gasteiger partial charge on any atom is -0.457 e. The number of rotatable bonds is 9. The van der Waals surface area contributed by atoms with Crippen molar-refractivity contribution in [1.29, 1.82) is 0 Å². The minimum absolute atomic E-state index is 0.129. The number of hydrogen-bond donors (Lipinski definition) is 0. The SMILES string of the molecule is CCCCCCCCC(=O)O[C@]1(CC)C(=O)OCc2c1cc1n(c2=O)Cc2cc3ccccc3nc2-1. The van der Waals surface area contributed by atoms with Gasteiger partial charge in [0.15, 0.2) is 0 Å². The molecule has 0 N–H and O–H groups in total. The van der Waals surface area contributed by atoms with Crippen LogP contribution in [0.15, 0.2) is 41.2 Å². The first-order chi connectivity index (χ1) is 17.5. The van der Waals surface area contributed by atoms with Gasteiger partial charge < -0.3 is 14.0 Å². The van der Waals surface area contributed by atoms with Gasteiger partial charge in [-0.15, -0.1) is 0 Å². The fourth-order valence-electron chi connectivity index (χ4n) is 5.38. The molecule has 0 amide bonds. The molecule has 36 heavy (non-hydrogen) atoms. The van der Waals surface area contributed by atoms with Gasteiger partial charge in [-0.25, -0.2) is 9.78 Å². The number of hydrogen-bond acceptors (Lipinski definition) is 6. The van der Waals surface area contributed by atoms with Crippen molar-refractivity contribution in [2.45, 2.75) is 84.0 Å². The molecule has 0 unspecified atom stereocenters. The average molecular weight is 489 g/mol. The Morgan fingerprint density at radius 3 is 2.67 bits per heavy atom. The van der Waals surface area contributed by atoms with E-state index in [2.05, 4.69) is 13.0 Å². The number of para-hydroxylation sites is 1. The van der Waals surface area contributed by atoms with Gasteiger partial charge in [-0.3, -0.25) is 9.59 Å². The van der Waals surface area contributed by atoms with Crippen LogP contribution in [-0.2, 0) is 37.8 Å². The third-order valence-corrected chi connectivity index (χ3v) is 7.41. The normalized spacial score (nSPS) is 17.9. The van der Waals surface area contributed by atoms with Gasteiger partial charge in [-0.2, -0.15) is 0 Å². The van der Waals surface area contributed by atoms with E-state index < -0.39 is 17.5 Å². The third-order valence-electron chi connectivity index (χ3n) is 7.41. The molecule has 1 atom stereocenters. The number of nitrogens with zero attached hydrogens (tertiary/aromatic N) is 2. The van der Waals surface area contributed by atoms with Crippen LogP contribution >= 0.6 is 0 Å². The number of ether oxygens (including phenoxy) is 2. The summed E-state index contributed by atoms with van der Waals surface area (Å²) in [5.41, 5.74) is 2.07. The van der Waals surface area contributed by atoms with Crippen molar-refractivity contribution in [1.82, 2.24) is 9.55 Å². The number of cyclic esters (lactones) is 1. The van der Waals surface area contributed by atoms with E-state index in [1.807, 2.05) is 30.3 Å². The molecule has 188 valence electrons. The zero-order chi connectivity index (χ0) is 25.3. The number of carbonyl (C=O) groups excluding carboxylic acids is 2. The highest BCUT2D eigenvalue weighted by Crippen LogP contribution is 2.41. The van der Waals surface area contributed by atoms with Gasteiger partial charge in [0.2, 0.25) is 5.60 Å². The Bertz CT molecular complexity index is 1390. The Labute approximate surface area is 210 Å². The molecule has 7 heteroatoms. The molecule has 2 aliphatic heterocycles. The predicted octanol–water partition coefficient (Wildman–Crippen LogP) is 5.38. The molecular formula is C29H32N2O5. The van der Waals surface area contributed by atoms with Crippen molar-refractivity contribution in [3.05, 3.63) is 63.4 Å². The molecule has 3 aromatic rings. The first-order valence-corrected chi connectivity index (χ1v) is 13.0.